The van der Waals surface area contributed by atoms with Gasteiger partial charge in [0.15, 0.2) is 4.96 Å². The highest BCUT2D eigenvalue weighted by molar-refractivity contribution is 7.85. The van der Waals surface area contributed by atoms with Crippen LogP contribution in [0.4, 0.5) is 0 Å². The Balaban J connectivity index is 3.39. The summed E-state index contributed by atoms with van der Waals surface area (Å²) in [6, 6.07) is 0. The molecule has 62 valence electrons. The molecule has 0 unspecified atom stereocenters. The lowest BCUT2D eigenvalue weighted by Crippen LogP contribution is -2.25. The Bertz CT molecular complexity index is 178. The summed E-state index contributed by atoms with van der Waals surface area (Å²) in [5, 5.41) is 2.39. The molecule has 0 bridgehead atoms. The summed E-state index contributed by atoms with van der Waals surface area (Å²) in [6.45, 7) is 0.0382. The fourth-order valence-electron chi connectivity index (χ4n) is 0.297. The predicted molar refractivity (Wildman–Crippen MR) is 39.9 cm³/mol. The minimum atomic E-state index is -3.90. The second-order valence-corrected chi connectivity index (χ2v) is 4.21. The van der Waals surface area contributed by atoms with E-state index in [1.54, 1.807) is 0 Å². The number of alkyl halides is 2. The van der Waals surface area contributed by atoms with Gasteiger partial charge in [-0.05, 0) is 0 Å². The van der Waals surface area contributed by atoms with E-state index >= 15 is 0 Å². The standard InChI is InChI=1S/C3H7Cl2NO3S/c4-3(5)6-1-2-10(7,8)9/h3,6H,1-2H2,(H,7,8,9). The summed E-state index contributed by atoms with van der Waals surface area (Å²) in [6.07, 6.45) is 0. The molecule has 0 aliphatic heterocycles. The van der Waals surface area contributed by atoms with Crippen LogP contribution in [0.25, 0.3) is 0 Å². The molecule has 0 saturated carbocycles. The zero-order valence-electron chi connectivity index (χ0n) is 4.92. The first-order valence-corrected chi connectivity index (χ1v) is 4.87. The molecule has 2 N–H and O–H groups in total. The van der Waals surface area contributed by atoms with Crippen LogP contribution < -0.4 is 5.32 Å². The molecular weight excluding hydrogens is 201 g/mol. The van der Waals surface area contributed by atoms with Gasteiger partial charge in [-0.15, -0.1) is 0 Å². The minimum Gasteiger partial charge on any atom is -0.288 e. The van der Waals surface area contributed by atoms with Crippen LogP contribution in [-0.2, 0) is 10.1 Å². The summed E-state index contributed by atoms with van der Waals surface area (Å²) >= 11 is 10.4. The van der Waals surface area contributed by atoms with Crippen molar-refractivity contribution in [2.75, 3.05) is 12.3 Å². The maximum absolute atomic E-state index is 10.0. The van der Waals surface area contributed by atoms with E-state index in [-0.39, 0.29) is 12.3 Å². The summed E-state index contributed by atoms with van der Waals surface area (Å²) in [5.74, 6) is -0.386. The molecule has 0 aromatic heterocycles. The topological polar surface area (TPSA) is 66.4 Å². The quantitative estimate of drug-likeness (QED) is 0.394. The van der Waals surface area contributed by atoms with Crippen LogP contribution in [-0.4, -0.2) is 30.2 Å². The molecule has 7 heteroatoms. The van der Waals surface area contributed by atoms with E-state index in [0.717, 1.165) is 0 Å². The summed E-state index contributed by atoms with van der Waals surface area (Å²) < 4.78 is 28.3. The van der Waals surface area contributed by atoms with Crippen molar-refractivity contribution in [3.63, 3.8) is 0 Å². The Morgan fingerprint density at radius 2 is 2.00 bits per heavy atom. The summed E-state index contributed by atoms with van der Waals surface area (Å²) in [7, 11) is -3.90. The fourth-order valence-corrected chi connectivity index (χ4v) is 0.891. The molecular formula is C3H7Cl2NO3S. The van der Waals surface area contributed by atoms with Crippen molar-refractivity contribution in [2.24, 2.45) is 0 Å². The average Bonchev–Trinajstić information content (AvgIpc) is 1.59. The molecule has 0 aromatic rings. The first kappa shape index (κ1) is 10.4. The molecule has 0 aromatic carbocycles. The van der Waals surface area contributed by atoms with Gasteiger partial charge in [-0.1, -0.05) is 23.2 Å². The van der Waals surface area contributed by atoms with Crippen molar-refractivity contribution in [3.8, 4) is 0 Å². The van der Waals surface area contributed by atoms with Crippen molar-refractivity contribution in [2.45, 2.75) is 4.96 Å². The highest BCUT2D eigenvalue weighted by atomic mass is 35.5. The van der Waals surface area contributed by atoms with Crippen LogP contribution >= 0.6 is 23.2 Å². The van der Waals surface area contributed by atoms with Gasteiger partial charge in [0, 0.05) is 6.54 Å². The Morgan fingerprint density at radius 1 is 1.50 bits per heavy atom. The van der Waals surface area contributed by atoms with Gasteiger partial charge in [0.05, 0.1) is 5.75 Å². The smallest absolute Gasteiger partial charge is 0.266 e. The SMILES string of the molecule is O=S(=O)(O)CCNC(Cl)Cl. The van der Waals surface area contributed by atoms with Crippen LogP contribution in [0.5, 0.6) is 0 Å². The third-order valence-corrected chi connectivity index (χ3v) is 1.69. The molecule has 0 saturated heterocycles. The molecule has 0 radical (unpaired) electrons. The minimum absolute atomic E-state index is 0.0382. The van der Waals surface area contributed by atoms with Crippen molar-refractivity contribution in [1.82, 2.24) is 5.32 Å². The van der Waals surface area contributed by atoms with E-state index < -0.39 is 15.1 Å². The van der Waals surface area contributed by atoms with E-state index in [0.29, 0.717) is 0 Å². The lowest BCUT2D eigenvalue weighted by Gasteiger charge is -2.01. The number of hydrogen-bond acceptors (Lipinski definition) is 3. The Hall–Kier alpha value is 0.450. The van der Waals surface area contributed by atoms with Gasteiger partial charge in [0.1, 0.15) is 0 Å². The first-order valence-electron chi connectivity index (χ1n) is 2.38. The van der Waals surface area contributed by atoms with Gasteiger partial charge >= 0.3 is 0 Å². The van der Waals surface area contributed by atoms with Crippen LogP contribution in [0.15, 0.2) is 0 Å². The highest BCUT2D eigenvalue weighted by Gasteiger charge is 2.04. The van der Waals surface area contributed by atoms with Crippen LogP contribution in [0.3, 0.4) is 0 Å². The Labute approximate surface area is 69.3 Å². The van der Waals surface area contributed by atoms with Crippen molar-refractivity contribution >= 4 is 33.3 Å². The second-order valence-electron chi connectivity index (χ2n) is 1.54. The lowest BCUT2D eigenvalue weighted by atomic mass is 10.8. The average molecular weight is 208 g/mol. The Morgan fingerprint density at radius 3 is 2.30 bits per heavy atom. The van der Waals surface area contributed by atoms with Crippen molar-refractivity contribution in [3.05, 3.63) is 0 Å². The van der Waals surface area contributed by atoms with Gasteiger partial charge in [-0.25, -0.2) is 0 Å². The third kappa shape index (κ3) is 8.45. The monoisotopic (exact) mass is 207 g/mol. The van der Waals surface area contributed by atoms with E-state index in [9.17, 15) is 8.42 Å². The molecule has 4 nitrogen and oxygen atoms in total. The van der Waals surface area contributed by atoms with Crippen LogP contribution in [0, 0.1) is 0 Å². The van der Waals surface area contributed by atoms with Gasteiger partial charge in [-0.3, -0.25) is 9.87 Å². The fraction of sp³-hybridized carbons (Fsp3) is 1.00. The number of nitrogens with one attached hydrogen (secondary N) is 1. The zero-order chi connectivity index (χ0) is 8.20. The maximum atomic E-state index is 10.0. The maximum Gasteiger partial charge on any atom is 0.266 e. The normalized spacial score (nSPS) is 12.4. The van der Waals surface area contributed by atoms with Crippen molar-refractivity contribution < 1.29 is 13.0 Å². The molecule has 0 atom stereocenters. The molecule has 0 heterocycles. The molecule has 0 rings (SSSR count). The molecule has 0 spiro atoms. The highest BCUT2D eigenvalue weighted by Crippen LogP contribution is 1.94. The third-order valence-electron chi connectivity index (χ3n) is 0.659. The van der Waals surface area contributed by atoms with Gasteiger partial charge in [0.25, 0.3) is 10.1 Å². The molecule has 0 aliphatic rings. The van der Waals surface area contributed by atoms with E-state index in [1.165, 1.54) is 0 Å². The molecule has 0 amide bonds. The van der Waals surface area contributed by atoms with Crippen LogP contribution in [0.2, 0.25) is 0 Å². The van der Waals surface area contributed by atoms with Crippen molar-refractivity contribution in [1.29, 1.82) is 0 Å². The molecule has 10 heavy (non-hydrogen) atoms. The van der Waals surface area contributed by atoms with Gasteiger partial charge in [0.2, 0.25) is 0 Å². The summed E-state index contributed by atoms with van der Waals surface area (Å²) in [4.78, 5) is -0.804. The predicted octanol–water partition coefficient (Wildman–Crippen LogP) is 0.225. The number of halogens is 2. The zero-order valence-corrected chi connectivity index (χ0v) is 7.25. The Kier molecular flexibility index (Phi) is 4.55. The summed E-state index contributed by atoms with van der Waals surface area (Å²) in [5.41, 5.74) is 0. The number of rotatable bonds is 4. The largest absolute Gasteiger partial charge is 0.288 e. The molecule has 0 fully saturated rings. The number of hydrogen-bond donors (Lipinski definition) is 2. The van der Waals surface area contributed by atoms with Gasteiger partial charge < -0.3 is 0 Å². The van der Waals surface area contributed by atoms with E-state index in [1.807, 2.05) is 0 Å². The first-order chi connectivity index (χ1) is 4.42. The van der Waals surface area contributed by atoms with Crippen LogP contribution in [0.1, 0.15) is 0 Å². The lowest BCUT2D eigenvalue weighted by molar-refractivity contribution is 0.481. The van der Waals surface area contributed by atoms with Gasteiger partial charge in [-0.2, -0.15) is 8.42 Å². The van der Waals surface area contributed by atoms with E-state index in [2.05, 4.69) is 5.32 Å². The second kappa shape index (κ2) is 4.35. The van der Waals surface area contributed by atoms with E-state index in [4.69, 9.17) is 27.8 Å². The molecule has 0 aliphatic carbocycles.